The number of benzene rings is 4. The first-order valence-electron chi connectivity index (χ1n) is 12.6. The van der Waals surface area contributed by atoms with E-state index in [2.05, 4.69) is 42.5 Å². The van der Waals surface area contributed by atoms with Gasteiger partial charge in [0.25, 0.3) is 0 Å². The van der Waals surface area contributed by atoms with Gasteiger partial charge in [0.15, 0.2) is 5.58 Å². The maximum atomic E-state index is 10.5. The number of aliphatic hydroxyl groups is 1. The highest BCUT2D eigenvalue weighted by molar-refractivity contribution is 7.26. The third-order valence-electron chi connectivity index (χ3n) is 7.63. The molecule has 3 heterocycles. The summed E-state index contributed by atoms with van der Waals surface area (Å²) in [7, 11) is 1.70. The molecule has 1 N–H and O–H groups in total. The molecule has 0 aliphatic rings. The Kier molecular flexibility index (Phi) is 5.05. The van der Waals surface area contributed by atoms with Crippen LogP contribution < -0.4 is 5.46 Å². The van der Waals surface area contributed by atoms with Gasteiger partial charge in [-0.1, -0.05) is 42.5 Å². The van der Waals surface area contributed by atoms with E-state index in [4.69, 9.17) is 18.5 Å². The zero-order valence-corrected chi connectivity index (χ0v) is 22.3. The summed E-state index contributed by atoms with van der Waals surface area (Å²) < 4.78 is 21.1. The van der Waals surface area contributed by atoms with Gasteiger partial charge in [0.1, 0.15) is 16.7 Å². The number of nitrogens with zero attached hydrogens (tertiary/aromatic N) is 1. The molecule has 3 aromatic heterocycles. The van der Waals surface area contributed by atoms with Gasteiger partial charge in [-0.05, 0) is 57.4 Å². The Morgan fingerprint density at radius 3 is 2.45 bits per heavy atom. The normalized spacial score (nSPS) is 13.0. The molecule has 7 aromatic rings. The molecule has 0 amide bonds. The van der Waals surface area contributed by atoms with Gasteiger partial charge in [0.05, 0.1) is 16.8 Å². The summed E-state index contributed by atoms with van der Waals surface area (Å²) in [5.41, 5.74) is 2.97. The summed E-state index contributed by atoms with van der Waals surface area (Å²) in [6.45, 7) is 7.22. The predicted octanol–water partition coefficient (Wildman–Crippen LogP) is 7.57. The standard InChI is InChI=1S/C31H25BNO4S/c1-30(2,34)31(3,4)37-32-21-12-8-13-23-27(21)20-15-25-22(16-24(20)35-23)33-29(36-25)19-11-7-10-18-17-9-5-6-14-26(17)38-28(18)19/h5-16,34H,1-4H3. The third-order valence-corrected chi connectivity index (χ3v) is 8.85. The number of oxazole rings is 1. The van der Waals surface area contributed by atoms with Crippen LogP contribution in [0.4, 0.5) is 0 Å². The fraction of sp³-hybridized carbons (Fsp3) is 0.194. The second-order valence-corrected chi connectivity index (χ2v) is 11.8. The van der Waals surface area contributed by atoms with Crippen molar-refractivity contribution in [3.8, 4) is 11.5 Å². The van der Waals surface area contributed by atoms with E-state index in [9.17, 15) is 5.11 Å². The lowest BCUT2D eigenvalue weighted by atomic mass is 9.80. The van der Waals surface area contributed by atoms with Gasteiger partial charge in [-0.2, -0.15) is 0 Å². The highest BCUT2D eigenvalue weighted by atomic mass is 32.1. The molecule has 4 aromatic carbocycles. The number of rotatable bonds is 5. The summed E-state index contributed by atoms with van der Waals surface area (Å²) in [5, 5.41) is 14.8. The van der Waals surface area contributed by atoms with Crippen LogP contribution in [-0.4, -0.2) is 28.8 Å². The van der Waals surface area contributed by atoms with Crippen LogP contribution in [0.15, 0.2) is 81.6 Å². The molecule has 7 heteroatoms. The maximum absolute atomic E-state index is 10.5. The number of hydrogen-bond acceptors (Lipinski definition) is 6. The largest absolute Gasteiger partial charge is 0.456 e. The van der Waals surface area contributed by atoms with E-state index in [1.54, 1.807) is 32.7 Å². The predicted molar refractivity (Wildman–Crippen MR) is 156 cm³/mol. The van der Waals surface area contributed by atoms with Crippen LogP contribution in [0.25, 0.3) is 64.7 Å². The summed E-state index contributed by atoms with van der Waals surface area (Å²) in [6.07, 6.45) is 0. The molecule has 0 saturated carbocycles. The molecule has 7 rings (SSSR count). The second-order valence-electron chi connectivity index (χ2n) is 10.7. The van der Waals surface area contributed by atoms with Crippen LogP contribution in [0.3, 0.4) is 0 Å². The van der Waals surface area contributed by atoms with Crippen LogP contribution in [0.2, 0.25) is 0 Å². The lowest BCUT2D eigenvalue weighted by molar-refractivity contribution is -0.0893. The van der Waals surface area contributed by atoms with Gasteiger partial charge in [-0.3, -0.25) is 0 Å². The van der Waals surface area contributed by atoms with E-state index in [1.807, 2.05) is 44.2 Å². The van der Waals surface area contributed by atoms with Crippen molar-refractivity contribution in [1.29, 1.82) is 0 Å². The van der Waals surface area contributed by atoms with Crippen molar-refractivity contribution >= 4 is 77.5 Å². The van der Waals surface area contributed by atoms with E-state index in [0.717, 1.165) is 43.2 Å². The molecule has 5 nitrogen and oxygen atoms in total. The molecule has 0 bridgehead atoms. The smallest absolute Gasteiger partial charge is 0.331 e. The SMILES string of the molecule is CC(C)(O)C(C)(C)O[B]c1cccc2oc3cc4nc(-c5cccc6c5sc5ccccc56)oc4cc3c12. The van der Waals surface area contributed by atoms with Gasteiger partial charge in [-0.15, -0.1) is 11.3 Å². The van der Waals surface area contributed by atoms with E-state index in [-0.39, 0.29) is 0 Å². The molecular formula is C31H25BNO4S. The van der Waals surface area contributed by atoms with Crippen molar-refractivity contribution in [2.24, 2.45) is 0 Å². The van der Waals surface area contributed by atoms with Crippen LogP contribution >= 0.6 is 11.3 Å². The molecule has 0 unspecified atom stereocenters. The summed E-state index contributed by atoms with van der Waals surface area (Å²) in [4.78, 5) is 4.86. The van der Waals surface area contributed by atoms with Gasteiger partial charge < -0.3 is 18.6 Å². The number of hydrogen-bond donors (Lipinski definition) is 1. The van der Waals surface area contributed by atoms with Crippen molar-refractivity contribution in [2.75, 3.05) is 0 Å². The highest BCUT2D eigenvalue weighted by Crippen LogP contribution is 2.41. The van der Waals surface area contributed by atoms with Crippen LogP contribution in [-0.2, 0) is 4.65 Å². The minimum absolute atomic E-state index is 0.594. The molecule has 38 heavy (non-hydrogen) atoms. The molecule has 0 aliphatic carbocycles. The zero-order valence-electron chi connectivity index (χ0n) is 21.5. The van der Waals surface area contributed by atoms with Crippen molar-refractivity contribution in [3.05, 3.63) is 72.8 Å². The minimum Gasteiger partial charge on any atom is -0.456 e. The second kappa shape index (κ2) is 8.17. The van der Waals surface area contributed by atoms with Crippen LogP contribution in [0.1, 0.15) is 27.7 Å². The van der Waals surface area contributed by atoms with Crippen LogP contribution in [0.5, 0.6) is 0 Å². The molecular weight excluding hydrogens is 493 g/mol. The lowest BCUT2D eigenvalue weighted by Crippen LogP contribution is -2.49. The lowest BCUT2D eigenvalue weighted by Gasteiger charge is -2.37. The first-order chi connectivity index (χ1) is 18.2. The van der Waals surface area contributed by atoms with Gasteiger partial charge >= 0.3 is 7.48 Å². The molecule has 0 saturated heterocycles. The van der Waals surface area contributed by atoms with E-state index in [1.165, 1.54) is 15.5 Å². The fourth-order valence-electron chi connectivity index (χ4n) is 4.76. The Morgan fingerprint density at radius 1 is 0.816 bits per heavy atom. The van der Waals surface area contributed by atoms with Gasteiger partial charge in [-0.25, -0.2) is 4.98 Å². The van der Waals surface area contributed by atoms with Gasteiger partial charge in [0, 0.05) is 37.0 Å². The minimum atomic E-state index is -1.02. The quantitative estimate of drug-likeness (QED) is 0.238. The average Bonchev–Trinajstić information content (AvgIpc) is 3.57. The summed E-state index contributed by atoms with van der Waals surface area (Å²) in [6, 6.07) is 24.5. The van der Waals surface area contributed by atoms with Gasteiger partial charge in [0.2, 0.25) is 5.89 Å². The molecule has 1 radical (unpaired) electrons. The van der Waals surface area contributed by atoms with E-state index in [0.29, 0.717) is 11.5 Å². The number of thiophene rings is 1. The number of fused-ring (bicyclic) bond motifs is 7. The Hall–Kier alpha value is -3.65. The third kappa shape index (κ3) is 3.57. The van der Waals surface area contributed by atoms with E-state index >= 15 is 0 Å². The molecule has 0 aliphatic heterocycles. The number of aromatic nitrogens is 1. The first-order valence-corrected chi connectivity index (χ1v) is 13.4. The molecule has 0 spiro atoms. The molecule has 187 valence electrons. The first kappa shape index (κ1) is 23.5. The Morgan fingerprint density at radius 2 is 1.61 bits per heavy atom. The Balaban J connectivity index is 1.35. The van der Waals surface area contributed by atoms with Crippen molar-refractivity contribution in [2.45, 2.75) is 38.9 Å². The number of furan rings is 1. The van der Waals surface area contributed by atoms with E-state index < -0.39 is 11.2 Å². The molecule has 0 atom stereocenters. The zero-order chi connectivity index (χ0) is 26.2. The summed E-state index contributed by atoms with van der Waals surface area (Å²) >= 11 is 1.76. The topological polar surface area (TPSA) is 68.6 Å². The highest BCUT2D eigenvalue weighted by Gasteiger charge is 2.36. The Bertz CT molecular complexity index is 2010. The monoisotopic (exact) mass is 518 g/mol. The average molecular weight is 518 g/mol. The fourth-order valence-corrected chi connectivity index (χ4v) is 5.97. The maximum Gasteiger partial charge on any atom is 0.331 e. The Labute approximate surface area is 223 Å². The molecule has 0 fully saturated rings. The van der Waals surface area contributed by atoms with Crippen molar-refractivity contribution < 1.29 is 18.6 Å². The van der Waals surface area contributed by atoms with Crippen LogP contribution in [0, 0.1) is 0 Å². The van der Waals surface area contributed by atoms with Crippen molar-refractivity contribution in [1.82, 2.24) is 4.98 Å². The summed E-state index contributed by atoms with van der Waals surface area (Å²) in [5.74, 6) is 0.594. The van der Waals surface area contributed by atoms with Crippen molar-refractivity contribution in [3.63, 3.8) is 0 Å².